The molecule has 2 heterocycles. The molecule has 20 heavy (non-hydrogen) atoms. The number of quaternary nitrogens is 1. The number of carbonyl (C=O) groups is 1. The summed E-state index contributed by atoms with van der Waals surface area (Å²) < 4.78 is 0. The molecule has 1 saturated heterocycles. The van der Waals surface area contributed by atoms with Crippen molar-refractivity contribution in [3.8, 4) is 0 Å². The molecule has 1 aliphatic carbocycles. The Morgan fingerprint density at radius 2 is 2.10 bits per heavy atom. The van der Waals surface area contributed by atoms with Crippen LogP contribution in [0.1, 0.15) is 36.3 Å². The van der Waals surface area contributed by atoms with Crippen molar-refractivity contribution in [1.29, 1.82) is 0 Å². The number of piperidine rings is 1. The zero-order chi connectivity index (χ0) is 13.9. The van der Waals surface area contributed by atoms with Crippen molar-refractivity contribution in [3.05, 3.63) is 29.3 Å². The molecule has 4 rings (SSSR count). The molecule has 0 bridgehead atoms. The average molecular weight is 271 g/mol. The van der Waals surface area contributed by atoms with Crippen molar-refractivity contribution in [2.45, 2.75) is 38.1 Å². The molecule has 106 valence electrons. The lowest BCUT2D eigenvalue weighted by atomic mass is 9.89. The van der Waals surface area contributed by atoms with Crippen LogP contribution >= 0.6 is 0 Å². The van der Waals surface area contributed by atoms with Crippen molar-refractivity contribution in [1.82, 2.24) is 0 Å². The molecule has 1 amide bonds. The second-order valence-electron chi connectivity index (χ2n) is 6.92. The Morgan fingerprint density at radius 1 is 1.30 bits per heavy atom. The summed E-state index contributed by atoms with van der Waals surface area (Å²) in [6.45, 7) is 4.50. The van der Waals surface area contributed by atoms with Crippen molar-refractivity contribution < 1.29 is 9.69 Å². The monoisotopic (exact) mass is 271 g/mol. The van der Waals surface area contributed by atoms with E-state index in [4.69, 9.17) is 0 Å². The average Bonchev–Trinajstić information content (AvgIpc) is 3.22. The third kappa shape index (κ3) is 1.80. The van der Waals surface area contributed by atoms with Crippen LogP contribution in [0, 0.1) is 12.8 Å². The van der Waals surface area contributed by atoms with E-state index in [1.54, 1.807) is 4.90 Å². The Bertz CT molecular complexity index is 564. The topological polar surface area (TPSA) is 24.8 Å². The van der Waals surface area contributed by atoms with Gasteiger partial charge < -0.3 is 9.80 Å². The number of nitrogens with one attached hydrogen (secondary N) is 1. The van der Waals surface area contributed by atoms with Crippen LogP contribution < -0.4 is 9.80 Å². The number of aryl methyl sites for hydroxylation is 1. The molecule has 1 saturated carbocycles. The van der Waals surface area contributed by atoms with Crippen molar-refractivity contribution in [2.24, 2.45) is 5.92 Å². The van der Waals surface area contributed by atoms with Crippen molar-refractivity contribution in [3.63, 3.8) is 0 Å². The van der Waals surface area contributed by atoms with Crippen molar-refractivity contribution >= 4 is 11.6 Å². The normalized spacial score (nSPS) is 31.9. The molecule has 1 unspecified atom stereocenters. The van der Waals surface area contributed by atoms with Crippen LogP contribution in [0.2, 0.25) is 0 Å². The lowest BCUT2D eigenvalue weighted by Gasteiger charge is -2.34. The van der Waals surface area contributed by atoms with Gasteiger partial charge >= 0.3 is 0 Å². The highest BCUT2D eigenvalue weighted by atomic mass is 16.2. The summed E-state index contributed by atoms with van der Waals surface area (Å²) in [6.07, 6.45) is 3.33. The van der Waals surface area contributed by atoms with Crippen LogP contribution in [0.15, 0.2) is 18.2 Å². The number of rotatable bonds is 1. The van der Waals surface area contributed by atoms with E-state index < -0.39 is 0 Å². The number of likely N-dealkylation sites (N-methyl/N-ethyl adjacent to an activating group) is 1. The number of anilines is 1. The first-order valence-corrected chi connectivity index (χ1v) is 7.90. The molecule has 0 aromatic heterocycles. The standard InChI is InChI=1S/C17H22N2O/c1-11-3-6-15-13(9-11)14-10-18(2)8-7-16(14)19(15)17(20)12-4-5-12/h3,6,9,12,14,16H,4-5,7-8,10H2,1-2H3/p+1/t14-,16+/m1/s1. The van der Waals surface area contributed by atoms with Crippen LogP contribution in [0.3, 0.4) is 0 Å². The summed E-state index contributed by atoms with van der Waals surface area (Å²) in [6, 6.07) is 7.06. The van der Waals surface area contributed by atoms with E-state index in [-0.39, 0.29) is 0 Å². The maximum atomic E-state index is 12.7. The van der Waals surface area contributed by atoms with Crippen LogP contribution in [0.5, 0.6) is 0 Å². The van der Waals surface area contributed by atoms with Gasteiger partial charge in [-0.3, -0.25) is 4.79 Å². The van der Waals surface area contributed by atoms with Gasteiger partial charge in [-0.1, -0.05) is 17.7 Å². The molecule has 1 aromatic rings. The molecule has 0 radical (unpaired) electrons. The van der Waals surface area contributed by atoms with Gasteiger partial charge in [0.2, 0.25) is 5.91 Å². The summed E-state index contributed by atoms with van der Waals surface area (Å²) in [5.74, 6) is 1.25. The van der Waals surface area contributed by atoms with Gasteiger partial charge in [-0.15, -0.1) is 0 Å². The second-order valence-corrected chi connectivity index (χ2v) is 6.92. The predicted octanol–water partition coefficient (Wildman–Crippen LogP) is 1.12. The molecule has 1 aromatic carbocycles. The number of likely N-dealkylation sites (tertiary alicyclic amines) is 1. The first-order chi connectivity index (χ1) is 9.65. The number of amides is 1. The van der Waals surface area contributed by atoms with Gasteiger partial charge in [-0.05, 0) is 31.4 Å². The number of nitrogens with zero attached hydrogens (tertiary/aromatic N) is 1. The van der Waals surface area contributed by atoms with E-state index in [0.717, 1.165) is 25.8 Å². The number of carbonyl (C=O) groups excluding carboxylic acids is 1. The van der Waals surface area contributed by atoms with E-state index in [1.807, 2.05) is 0 Å². The summed E-state index contributed by atoms with van der Waals surface area (Å²) >= 11 is 0. The second kappa shape index (κ2) is 4.32. The summed E-state index contributed by atoms with van der Waals surface area (Å²) in [5, 5.41) is 0. The Hall–Kier alpha value is -1.35. The number of fused-ring (bicyclic) bond motifs is 3. The quantitative estimate of drug-likeness (QED) is 0.813. The number of hydrogen-bond donors (Lipinski definition) is 1. The van der Waals surface area contributed by atoms with Gasteiger partial charge in [0.25, 0.3) is 0 Å². The largest absolute Gasteiger partial charge is 0.337 e. The zero-order valence-corrected chi connectivity index (χ0v) is 12.4. The minimum atomic E-state index is 0.315. The molecule has 3 nitrogen and oxygen atoms in total. The molecule has 2 aliphatic heterocycles. The lowest BCUT2D eigenvalue weighted by Crippen LogP contribution is -3.11. The van der Waals surface area contributed by atoms with E-state index in [2.05, 4.69) is 37.1 Å². The predicted molar refractivity (Wildman–Crippen MR) is 79.2 cm³/mol. The van der Waals surface area contributed by atoms with E-state index in [0.29, 0.717) is 23.8 Å². The summed E-state index contributed by atoms with van der Waals surface area (Å²) in [5.41, 5.74) is 3.94. The Labute approximate surface area is 120 Å². The molecule has 3 aliphatic rings. The Morgan fingerprint density at radius 3 is 2.85 bits per heavy atom. The highest BCUT2D eigenvalue weighted by Gasteiger charge is 2.48. The first kappa shape index (κ1) is 12.4. The lowest BCUT2D eigenvalue weighted by molar-refractivity contribution is -0.886. The van der Waals surface area contributed by atoms with Gasteiger partial charge in [-0.2, -0.15) is 0 Å². The molecular formula is C17H23N2O+. The van der Waals surface area contributed by atoms with Crippen LogP contribution in [-0.2, 0) is 4.79 Å². The highest BCUT2D eigenvalue weighted by molar-refractivity contribution is 5.99. The van der Waals surface area contributed by atoms with E-state index >= 15 is 0 Å². The van der Waals surface area contributed by atoms with Crippen LogP contribution in [0.25, 0.3) is 0 Å². The van der Waals surface area contributed by atoms with Gasteiger partial charge in [0.15, 0.2) is 0 Å². The molecule has 2 fully saturated rings. The highest BCUT2D eigenvalue weighted by Crippen LogP contribution is 2.45. The fraction of sp³-hybridized carbons (Fsp3) is 0.588. The molecule has 3 heteroatoms. The maximum absolute atomic E-state index is 12.7. The zero-order valence-electron chi connectivity index (χ0n) is 12.4. The minimum Gasteiger partial charge on any atom is -0.337 e. The number of benzene rings is 1. The van der Waals surface area contributed by atoms with E-state index in [9.17, 15) is 4.79 Å². The third-order valence-corrected chi connectivity index (χ3v) is 5.24. The van der Waals surface area contributed by atoms with Crippen LogP contribution in [-0.4, -0.2) is 32.1 Å². The minimum absolute atomic E-state index is 0.315. The fourth-order valence-corrected chi connectivity index (χ4v) is 4.01. The Balaban J connectivity index is 1.78. The third-order valence-electron chi connectivity index (χ3n) is 5.24. The molecule has 0 spiro atoms. The molecular weight excluding hydrogens is 248 g/mol. The van der Waals surface area contributed by atoms with Gasteiger partial charge in [0.05, 0.1) is 32.1 Å². The van der Waals surface area contributed by atoms with E-state index in [1.165, 1.54) is 23.4 Å². The fourth-order valence-electron chi connectivity index (χ4n) is 4.01. The summed E-state index contributed by atoms with van der Waals surface area (Å²) in [4.78, 5) is 16.5. The van der Waals surface area contributed by atoms with Crippen LogP contribution in [0.4, 0.5) is 5.69 Å². The summed E-state index contributed by atoms with van der Waals surface area (Å²) in [7, 11) is 2.27. The Kier molecular flexibility index (Phi) is 2.68. The van der Waals surface area contributed by atoms with Gasteiger partial charge in [0.1, 0.15) is 0 Å². The smallest absolute Gasteiger partial charge is 0.230 e. The maximum Gasteiger partial charge on any atom is 0.230 e. The molecule has 1 N–H and O–H groups in total. The first-order valence-electron chi connectivity index (χ1n) is 7.90. The van der Waals surface area contributed by atoms with Gasteiger partial charge in [-0.25, -0.2) is 0 Å². The van der Waals surface area contributed by atoms with Gasteiger partial charge in [0, 0.05) is 18.0 Å². The SMILES string of the molecule is Cc1ccc2c(c1)[C@H]1C[NH+](C)CC[C@@H]1N2C(=O)C1CC1. The van der Waals surface area contributed by atoms with Crippen molar-refractivity contribution in [2.75, 3.05) is 25.0 Å². The molecule has 3 atom stereocenters. The number of hydrogen-bond acceptors (Lipinski definition) is 1.